The standard InChI is InChI=1S/C9H13ClN4O2/c1-6(2)4-13(3)9-7(14(15)16)8(10)11-5-12-9/h5-6H,4H2,1-3H3. The molecule has 0 bridgehead atoms. The largest absolute Gasteiger partial charge is 0.354 e. The van der Waals surface area contributed by atoms with Gasteiger partial charge in [0.05, 0.1) is 4.92 Å². The molecule has 0 saturated heterocycles. The normalized spacial score (nSPS) is 10.6. The van der Waals surface area contributed by atoms with Gasteiger partial charge >= 0.3 is 5.69 Å². The number of rotatable bonds is 4. The number of nitrogens with zero attached hydrogens (tertiary/aromatic N) is 4. The molecule has 0 fully saturated rings. The number of aromatic nitrogens is 2. The summed E-state index contributed by atoms with van der Waals surface area (Å²) in [6.07, 6.45) is 1.22. The summed E-state index contributed by atoms with van der Waals surface area (Å²) in [6, 6.07) is 0. The minimum absolute atomic E-state index is 0.134. The molecule has 0 aliphatic rings. The van der Waals surface area contributed by atoms with E-state index in [1.54, 1.807) is 11.9 Å². The highest BCUT2D eigenvalue weighted by molar-refractivity contribution is 6.31. The Morgan fingerprint density at radius 2 is 2.19 bits per heavy atom. The summed E-state index contributed by atoms with van der Waals surface area (Å²) in [5.74, 6) is 0.622. The van der Waals surface area contributed by atoms with Crippen molar-refractivity contribution >= 4 is 23.1 Å². The Kier molecular flexibility index (Phi) is 4.00. The van der Waals surface area contributed by atoms with Crippen LogP contribution in [0.5, 0.6) is 0 Å². The highest BCUT2D eigenvalue weighted by Gasteiger charge is 2.24. The van der Waals surface area contributed by atoms with E-state index in [1.807, 2.05) is 13.8 Å². The van der Waals surface area contributed by atoms with Gasteiger partial charge in [-0.1, -0.05) is 25.4 Å². The van der Waals surface area contributed by atoms with E-state index < -0.39 is 4.92 Å². The molecule has 1 aromatic heterocycles. The van der Waals surface area contributed by atoms with E-state index in [4.69, 9.17) is 11.6 Å². The maximum absolute atomic E-state index is 10.8. The molecule has 6 nitrogen and oxygen atoms in total. The third kappa shape index (κ3) is 2.79. The molecule has 0 amide bonds. The first-order valence-electron chi connectivity index (χ1n) is 4.79. The van der Waals surface area contributed by atoms with Crippen LogP contribution >= 0.6 is 11.6 Å². The summed E-state index contributed by atoms with van der Waals surface area (Å²) in [5.41, 5.74) is -0.243. The molecule has 0 N–H and O–H groups in total. The van der Waals surface area contributed by atoms with E-state index in [1.165, 1.54) is 6.33 Å². The molecule has 0 atom stereocenters. The average molecular weight is 245 g/mol. The van der Waals surface area contributed by atoms with E-state index in [0.29, 0.717) is 12.5 Å². The van der Waals surface area contributed by atoms with Gasteiger partial charge in [-0.15, -0.1) is 0 Å². The molecule has 1 heterocycles. The second-order valence-electron chi connectivity index (χ2n) is 3.87. The average Bonchev–Trinajstić information content (AvgIpc) is 2.15. The summed E-state index contributed by atoms with van der Waals surface area (Å²) < 4.78 is 0. The predicted molar refractivity (Wildman–Crippen MR) is 61.8 cm³/mol. The van der Waals surface area contributed by atoms with Crippen LogP contribution in [0.1, 0.15) is 13.8 Å². The molecule has 0 aliphatic carbocycles. The fraction of sp³-hybridized carbons (Fsp3) is 0.556. The van der Waals surface area contributed by atoms with Gasteiger partial charge in [-0.25, -0.2) is 9.97 Å². The van der Waals surface area contributed by atoms with Crippen LogP contribution in [0.4, 0.5) is 11.5 Å². The fourth-order valence-corrected chi connectivity index (χ4v) is 1.62. The fourth-order valence-electron chi connectivity index (χ4n) is 1.42. The molecule has 0 saturated carbocycles. The second kappa shape index (κ2) is 5.07. The quantitative estimate of drug-likeness (QED) is 0.461. The van der Waals surface area contributed by atoms with Crippen molar-refractivity contribution in [3.8, 4) is 0 Å². The molecule has 0 unspecified atom stereocenters. The topological polar surface area (TPSA) is 72.2 Å². The zero-order valence-electron chi connectivity index (χ0n) is 9.35. The van der Waals surface area contributed by atoms with E-state index in [-0.39, 0.29) is 16.7 Å². The highest BCUT2D eigenvalue weighted by Crippen LogP contribution is 2.30. The van der Waals surface area contributed by atoms with Crippen molar-refractivity contribution in [3.63, 3.8) is 0 Å². The third-order valence-electron chi connectivity index (χ3n) is 1.94. The first-order valence-corrected chi connectivity index (χ1v) is 5.17. The van der Waals surface area contributed by atoms with Gasteiger partial charge in [-0.05, 0) is 5.92 Å². The van der Waals surface area contributed by atoms with Crippen LogP contribution in [0.3, 0.4) is 0 Å². The molecule has 0 radical (unpaired) electrons. The van der Waals surface area contributed by atoms with Crippen LogP contribution < -0.4 is 4.90 Å². The van der Waals surface area contributed by atoms with Gasteiger partial charge in [0.1, 0.15) is 6.33 Å². The summed E-state index contributed by atoms with van der Waals surface area (Å²) >= 11 is 5.69. The molecule has 0 aliphatic heterocycles. The van der Waals surface area contributed by atoms with Crippen molar-refractivity contribution < 1.29 is 4.92 Å². The first-order chi connectivity index (χ1) is 7.43. The Bertz CT molecular complexity index is 397. The highest BCUT2D eigenvalue weighted by atomic mass is 35.5. The van der Waals surface area contributed by atoms with Crippen LogP contribution in [0.25, 0.3) is 0 Å². The van der Waals surface area contributed by atoms with Crippen LogP contribution in [0.15, 0.2) is 6.33 Å². The molecule has 88 valence electrons. The van der Waals surface area contributed by atoms with Gasteiger partial charge in [0.2, 0.25) is 11.0 Å². The Balaban J connectivity index is 3.12. The van der Waals surface area contributed by atoms with Crippen molar-refractivity contribution in [1.29, 1.82) is 0 Å². The number of anilines is 1. The lowest BCUT2D eigenvalue weighted by atomic mass is 10.2. The van der Waals surface area contributed by atoms with E-state index in [2.05, 4.69) is 9.97 Å². The van der Waals surface area contributed by atoms with Crippen molar-refractivity contribution in [2.45, 2.75) is 13.8 Å². The van der Waals surface area contributed by atoms with Crippen molar-refractivity contribution in [2.75, 3.05) is 18.5 Å². The third-order valence-corrected chi connectivity index (χ3v) is 2.22. The lowest BCUT2D eigenvalue weighted by Gasteiger charge is -2.19. The van der Waals surface area contributed by atoms with Crippen LogP contribution in [0, 0.1) is 16.0 Å². The number of hydrogen-bond acceptors (Lipinski definition) is 5. The molecule has 1 rings (SSSR count). The Hall–Kier alpha value is -1.43. The van der Waals surface area contributed by atoms with Gasteiger partial charge in [0.25, 0.3) is 0 Å². The zero-order valence-corrected chi connectivity index (χ0v) is 10.1. The van der Waals surface area contributed by atoms with E-state index in [9.17, 15) is 10.1 Å². The number of nitro groups is 1. The summed E-state index contributed by atoms with van der Waals surface area (Å²) in [5, 5.41) is 10.7. The number of hydrogen-bond donors (Lipinski definition) is 0. The summed E-state index contributed by atoms with van der Waals surface area (Å²) in [4.78, 5) is 19.5. The first kappa shape index (κ1) is 12.6. The van der Waals surface area contributed by atoms with Gasteiger partial charge in [0, 0.05) is 13.6 Å². The molecule has 0 spiro atoms. The van der Waals surface area contributed by atoms with Crippen LogP contribution in [-0.4, -0.2) is 28.5 Å². The molecule has 7 heteroatoms. The zero-order chi connectivity index (χ0) is 12.3. The lowest BCUT2D eigenvalue weighted by Crippen LogP contribution is -2.24. The molecular formula is C9H13ClN4O2. The maximum Gasteiger partial charge on any atom is 0.348 e. The predicted octanol–water partition coefficient (Wildman–Crippen LogP) is 2.13. The minimum Gasteiger partial charge on any atom is -0.354 e. The summed E-state index contributed by atoms with van der Waals surface area (Å²) in [6.45, 7) is 4.70. The maximum atomic E-state index is 10.8. The Morgan fingerprint density at radius 3 is 2.69 bits per heavy atom. The van der Waals surface area contributed by atoms with Crippen molar-refractivity contribution in [2.24, 2.45) is 5.92 Å². The van der Waals surface area contributed by atoms with Gasteiger partial charge in [0.15, 0.2) is 0 Å². The summed E-state index contributed by atoms with van der Waals surface area (Å²) in [7, 11) is 1.74. The minimum atomic E-state index is -0.561. The Labute approximate surface area is 98.4 Å². The molecule has 1 aromatic rings. The van der Waals surface area contributed by atoms with Crippen LogP contribution in [0.2, 0.25) is 5.15 Å². The van der Waals surface area contributed by atoms with Crippen LogP contribution in [-0.2, 0) is 0 Å². The van der Waals surface area contributed by atoms with Crippen molar-refractivity contribution in [3.05, 3.63) is 21.6 Å². The smallest absolute Gasteiger partial charge is 0.348 e. The lowest BCUT2D eigenvalue weighted by molar-refractivity contribution is -0.384. The monoisotopic (exact) mass is 244 g/mol. The van der Waals surface area contributed by atoms with Gasteiger partial charge in [-0.2, -0.15) is 0 Å². The van der Waals surface area contributed by atoms with Gasteiger partial charge < -0.3 is 4.90 Å². The van der Waals surface area contributed by atoms with E-state index >= 15 is 0 Å². The Morgan fingerprint density at radius 1 is 1.56 bits per heavy atom. The van der Waals surface area contributed by atoms with Crippen molar-refractivity contribution in [1.82, 2.24) is 9.97 Å². The van der Waals surface area contributed by atoms with Gasteiger partial charge in [-0.3, -0.25) is 10.1 Å². The van der Waals surface area contributed by atoms with E-state index in [0.717, 1.165) is 0 Å². The molecular weight excluding hydrogens is 232 g/mol. The SMILES string of the molecule is CC(C)CN(C)c1ncnc(Cl)c1[N+](=O)[O-]. The molecule has 0 aromatic carbocycles. The molecule has 16 heavy (non-hydrogen) atoms. The second-order valence-corrected chi connectivity index (χ2v) is 4.23. The number of halogens is 1.